The third kappa shape index (κ3) is 3.02. The predicted molar refractivity (Wildman–Crippen MR) is 67.9 cm³/mol. The summed E-state index contributed by atoms with van der Waals surface area (Å²) >= 11 is 0. The van der Waals surface area contributed by atoms with Gasteiger partial charge < -0.3 is 5.11 Å². The van der Waals surface area contributed by atoms with Gasteiger partial charge in [-0.25, -0.2) is 9.80 Å². The van der Waals surface area contributed by atoms with Crippen LogP contribution in [0.3, 0.4) is 0 Å². The highest BCUT2D eigenvalue weighted by molar-refractivity contribution is 6.36. The van der Waals surface area contributed by atoms with Crippen LogP contribution in [0, 0.1) is 15.9 Å². The molecule has 0 unspecified atom stereocenters. The van der Waals surface area contributed by atoms with Crippen LogP contribution in [0.15, 0.2) is 23.3 Å². The number of hydrogen-bond donors (Lipinski definition) is 1. The lowest BCUT2D eigenvalue weighted by Gasteiger charge is -2.22. The molecular formula is C12H10FN3O5. The molecule has 110 valence electrons. The number of nitrogens with zero attached hydrogens (tertiary/aromatic N) is 3. The van der Waals surface area contributed by atoms with Crippen molar-refractivity contribution in [2.24, 2.45) is 5.10 Å². The maximum atomic E-state index is 13.9. The second-order valence-electron chi connectivity index (χ2n) is 4.31. The van der Waals surface area contributed by atoms with Crippen LogP contribution in [-0.2, 0) is 16.1 Å². The summed E-state index contributed by atoms with van der Waals surface area (Å²) in [5.41, 5.74) is -1.02. The number of carboxylic acid groups (broad SMARTS) is 1. The first kappa shape index (κ1) is 14.6. The molecule has 1 aromatic rings. The molecule has 21 heavy (non-hydrogen) atoms. The predicted octanol–water partition coefficient (Wildman–Crippen LogP) is 1.30. The van der Waals surface area contributed by atoms with Crippen molar-refractivity contribution in [3.8, 4) is 0 Å². The summed E-state index contributed by atoms with van der Waals surface area (Å²) in [5.74, 6) is -2.79. The second-order valence-corrected chi connectivity index (χ2v) is 4.31. The van der Waals surface area contributed by atoms with Crippen LogP contribution in [0.25, 0.3) is 0 Å². The molecule has 0 bridgehead atoms. The van der Waals surface area contributed by atoms with Crippen LogP contribution in [0.5, 0.6) is 0 Å². The van der Waals surface area contributed by atoms with Gasteiger partial charge >= 0.3 is 11.7 Å². The number of nitro benzene ring substituents is 1. The van der Waals surface area contributed by atoms with E-state index in [1.54, 1.807) is 0 Å². The molecule has 2 rings (SSSR count). The highest BCUT2D eigenvalue weighted by Crippen LogP contribution is 2.22. The molecular weight excluding hydrogens is 285 g/mol. The van der Waals surface area contributed by atoms with E-state index in [2.05, 4.69) is 5.10 Å². The number of halogens is 1. The van der Waals surface area contributed by atoms with E-state index in [0.29, 0.717) is 0 Å². The molecule has 8 nitrogen and oxygen atoms in total. The quantitative estimate of drug-likeness (QED) is 0.664. The highest BCUT2D eigenvalue weighted by atomic mass is 19.1. The molecule has 1 aromatic carbocycles. The van der Waals surface area contributed by atoms with Crippen molar-refractivity contribution in [3.05, 3.63) is 39.7 Å². The average Bonchev–Trinajstić information content (AvgIpc) is 2.42. The van der Waals surface area contributed by atoms with Crippen molar-refractivity contribution < 1.29 is 24.0 Å². The number of hydrazone groups is 1. The normalized spacial score (nSPS) is 14.8. The maximum absolute atomic E-state index is 13.9. The van der Waals surface area contributed by atoms with E-state index in [0.717, 1.165) is 11.1 Å². The molecule has 1 N–H and O–H groups in total. The lowest BCUT2D eigenvalue weighted by atomic mass is 10.1. The van der Waals surface area contributed by atoms with Crippen LogP contribution in [-0.4, -0.2) is 32.6 Å². The van der Waals surface area contributed by atoms with Gasteiger partial charge in [-0.3, -0.25) is 14.9 Å². The van der Waals surface area contributed by atoms with Gasteiger partial charge in [0.15, 0.2) is 0 Å². The van der Waals surface area contributed by atoms with Gasteiger partial charge in [-0.15, -0.1) is 0 Å². The Morgan fingerprint density at radius 1 is 1.48 bits per heavy atom. The summed E-state index contributed by atoms with van der Waals surface area (Å²) in [7, 11) is 0. The van der Waals surface area contributed by atoms with Gasteiger partial charge in [0.1, 0.15) is 5.71 Å². The van der Waals surface area contributed by atoms with Crippen molar-refractivity contribution in [1.29, 1.82) is 0 Å². The molecule has 9 heteroatoms. The van der Waals surface area contributed by atoms with Crippen LogP contribution in [0.1, 0.15) is 18.4 Å². The number of carbonyl (C=O) groups is 2. The standard InChI is InChI=1S/C12H10FN3O5/c13-11-7(2-1-3-9(11)16(20)21)6-15-10(17)5-4-8(14-15)12(18)19/h1-3H,4-6H2,(H,18,19). The minimum absolute atomic E-state index is 0.00207. The largest absolute Gasteiger partial charge is 0.477 e. The zero-order valence-electron chi connectivity index (χ0n) is 10.7. The SMILES string of the molecule is O=C(O)C1=NN(Cc2cccc([N+](=O)[O-])c2F)C(=O)CC1. The first-order valence-corrected chi connectivity index (χ1v) is 5.93. The Labute approximate surface area is 117 Å². The van der Waals surface area contributed by atoms with E-state index in [1.807, 2.05) is 0 Å². The van der Waals surface area contributed by atoms with Crippen molar-refractivity contribution in [1.82, 2.24) is 5.01 Å². The zero-order valence-corrected chi connectivity index (χ0v) is 10.7. The Morgan fingerprint density at radius 2 is 2.19 bits per heavy atom. The van der Waals surface area contributed by atoms with Crippen LogP contribution >= 0.6 is 0 Å². The number of amides is 1. The van der Waals surface area contributed by atoms with Gasteiger partial charge in [0.2, 0.25) is 11.7 Å². The Bertz CT molecular complexity index is 658. The molecule has 0 saturated carbocycles. The molecule has 1 amide bonds. The summed E-state index contributed by atoms with van der Waals surface area (Å²) in [6.07, 6.45) is -0.0518. The Kier molecular flexibility index (Phi) is 3.92. The van der Waals surface area contributed by atoms with E-state index in [9.17, 15) is 24.1 Å². The molecule has 0 aromatic heterocycles. The smallest absolute Gasteiger partial charge is 0.352 e. The molecule has 1 aliphatic heterocycles. The van der Waals surface area contributed by atoms with E-state index >= 15 is 0 Å². The molecule has 0 fully saturated rings. The number of rotatable bonds is 4. The number of aliphatic carboxylic acids is 1. The maximum Gasteiger partial charge on any atom is 0.352 e. The highest BCUT2D eigenvalue weighted by Gasteiger charge is 2.26. The van der Waals surface area contributed by atoms with E-state index in [4.69, 9.17) is 5.11 Å². The van der Waals surface area contributed by atoms with Gasteiger partial charge in [0, 0.05) is 24.5 Å². The number of carboxylic acids is 1. The van der Waals surface area contributed by atoms with E-state index < -0.39 is 28.3 Å². The van der Waals surface area contributed by atoms with Gasteiger partial charge in [0.25, 0.3) is 0 Å². The number of benzene rings is 1. The van der Waals surface area contributed by atoms with Gasteiger partial charge in [-0.05, 0) is 0 Å². The summed E-state index contributed by atoms with van der Waals surface area (Å²) in [6, 6.07) is 3.57. The van der Waals surface area contributed by atoms with Crippen LogP contribution in [0.4, 0.5) is 10.1 Å². The van der Waals surface area contributed by atoms with Crippen LogP contribution < -0.4 is 0 Å². The topological polar surface area (TPSA) is 113 Å². The fourth-order valence-electron chi connectivity index (χ4n) is 1.87. The lowest BCUT2D eigenvalue weighted by Crippen LogP contribution is -2.34. The summed E-state index contributed by atoms with van der Waals surface area (Å²) in [5, 5.41) is 24.0. The molecule has 0 saturated heterocycles. The van der Waals surface area contributed by atoms with E-state index in [1.165, 1.54) is 12.1 Å². The van der Waals surface area contributed by atoms with Crippen molar-refractivity contribution >= 4 is 23.3 Å². The Balaban J connectivity index is 2.31. The summed E-state index contributed by atoms with van der Waals surface area (Å²) in [6.45, 7) is -0.358. The number of carbonyl (C=O) groups excluding carboxylic acids is 1. The molecule has 1 heterocycles. The monoisotopic (exact) mass is 295 g/mol. The molecule has 0 spiro atoms. The Hall–Kier alpha value is -2.84. The van der Waals surface area contributed by atoms with Gasteiger partial charge in [-0.1, -0.05) is 12.1 Å². The summed E-state index contributed by atoms with van der Waals surface area (Å²) in [4.78, 5) is 32.3. The van der Waals surface area contributed by atoms with Gasteiger partial charge in [-0.2, -0.15) is 9.49 Å². The van der Waals surface area contributed by atoms with Crippen molar-refractivity contribution in [2.45, 2.75) is 19.4 Å². The molecule has 0 aliphatic carbocycles. The minimum atomic E-state index is -1.26. The first-order valence-electron chi connectivity index (χ1n) is 5.93. The molecule has 1 aliphatic rings. The minimum Gasteiger partial charge on any atom is -0.477 e. The number of hydrogen-bond acceptors (Lipinski definition) is 5. The zero-order chi connectivity index (χ0) is 15.6. The van der Waals surface area contributed by atoms with E-state index in [-0.39, 0.29) is 30.7 Å². The molecule has 0 atom stereocenters. The fraction of sp³-hybridized carbons (Fsp3) is 0.250. The fourth-order valence-corrected chi connectivity index (χ4v) is 1.87. The second kappa shape index (κ2) is 5.65. The first-order chi connectivity index (χ1) is 9.90. The lowest BCUT2D eigenvalue weighted by molar-refractivity contribution is -0.387. The van der Waals surface area contributed by atoms with Crippen LogP contribution in [0.2, 0.25) is 0 Å². The van der Waals surface area contributed by atoms with Crippen molar-refractivity contribution in [3.63, 3.8) is 0 Å². The third-order valence-electron chi connectivity index (χ3n) is 2.93. The third-order valence-corrected chi connectivity index (χ3v) is 2.93. The summed E-state index contributed by atoms with van der Waals surface area (Å²) < 4.78 is 13.9. The molecule has 0 radical (unpaired) electrons. The van der Waals surface area contributed by atoms with Crippen molar-refractivity contribution in [2.75, 3.05) is 0 Å². The average molecular weight is 295 g/mol. The Morgan fingerprint density at radius 3 is 2.81 bits per heavy atom. The number of nitro groups is 1. The van der Waals surface area contributed by atoms with Gasteiger partial charge in [0.05, 0.1) is 11.5 Å².